The van der Waals surface area contributed by atoms with E-state index in [1.165, 1.54) is 38.5 Å². The Hall–Kier alpha value is -0.0400. The Kier molecular flexibility index (Phi) is 4.79. The van der Waals surface area contributed by atoms with Crippen LogP contribution < -0.4 is 5.32 Å². The van der Waals surface area contributed by atoms with Crippen molar-refractivity contribution in [2.45, 2.75) is 71.4 Å². The molecule has 1 N–H and O–H groups in total. The lowest BCUT2D eigenvalue weighted by Gasteiger charge is -2.24. The minimum atomic E-state index is 0.683. The van der Waals surface area contributed by atoms with E-state index in [9.17, 15) is 0 Å². The molecule has 1 aliphatic rings. The Morgan fingerprint density at radius 2 is 1.46 bits per heavy atom. The number of hydrogen-bond donors (Lipinski definition) is 1. The summed E-state index contributed by atoms with van der Waals surface area (Å²) in [6, 6.07) is 1.49. The highest BCUT2D eigenvalue weighted by Gasteiger charge is 2.15. The average molecular weight is 183 g/mol. The van der Waals surface area contributed by atoms with E-state index in [2.05, 4.69) is 26.1 Å². The molecule has 0 aromatic heterocycles. The topological polar surface area (TPSA) is 12.0 Å². The molecule has 1 saturated carbocycles. The fourth-order valence-corrected chi connectivity index (χ4v) is 2.01. The maximum Gasteiger partial charge on any atom is 0.00696 e. The lowest BCUT2D eigenvalue weighted by Crippen LogP contribution is -2.39. The molecule has 0 radical (unpaired) electrons. The van der Waals surface area contributed by atoms with E-state index >= 15 is 0 Å². The van der Waals surface area contributed by atoms with Gasteiger partial charge < -0.3 is 5.32 Å². The van der Waals surface area contributed by atoms with Crippen LogP contribution in [-0.2, 0) is 0 Å². The van der Waals surface area contributed by atoms with Crippen molar-refractivity contribution in [3.63, 3.8) is 0 Å². The fraction of sp³-hybridized carbons (Fsp3) is 1.00. The van der Waals surface area contributed by atoms with Crippen molar-refractivity contribution < 1.29 is 0 Å². The summed E-state index contributed by atoms with van der Waals surface area (Å²) in [5, 5.41) is 3.76. The molecule has 0 bridgehead atoms. The van der Waals surface area contributed by atoms with Crippen LogP contribution in [0.1, 0.15) is 59.3 Å². The zero-order valence-corrected chi connectivity index (χ0v) is 9.47. The third-order valence-electron chi connectivity index (χ3n) is 3.35. The van der Waals surface area contributed by atoms with E-state index in [1.807, 2.05) is 0 Å². The Labute approximate surface area is 83.3 Å². The van der Waals surface area contributed by atoms with E-state index in [0.29, 0.717) is 6.04 Å². The third-order valence-corrected chi connectivity index (χ3v) is 3.35. The van der Waals surface area contributed by atoms with E-state index in [1.54, 1.807) is 0 Å². The SMILES string of the molecule is CC(C)C(C)NC1CCCCCC1. The van der Waals surface area contributed by atoms with Crippen molar-refractivity contribution >= 4 is 0 Å². The molecule has 1 aliphatic carbocycles. The van der Waals surface area contributed by atoms with Crippen LogP contribution in [0.5, 0.6) is 0 Å². The second kappa shape index (κ2) is 5.64. The summed E-state index contributed by atoms with van der Waals surface area (Å²) >= 11 is 0. The second-order valence-electron chi connectivity index (χ2n) is 4.89. The van der Waals surface area contributed by atoms with Gasteiger partial charge in [0.25, 0.3) is 0 Å². The number of rotatable bonds is 3. The van der Waals surface area contributed by atoms with Gasteiger partial charge in [-0.15, -0.1) is 0 Å². The van der Waals surface area contributed by atoms with Gasteiger partial charge in [-0.05, 0) is 25.7 Å². The predicted molar refractivity (Wildman–Crippen MR) is 58.9 cm³/mol. The van der Waals surface area contributed by atoms with Gasteiger partial charge in [-0.25, -0.2) is 0 Å². The fourth-order valence-electron chi connectivity index (χ4n) is 2.01. The predicted octanol–water partition coefficient (Wildman–Crippen LogP) is 3.34. The Bertz CT molecular complexity index is 123. The van der Waals surface area contributed by atoms with Crippen molar-refractivity contribution in [2.75, 3.05) is 0 Å². The molecular weight excluding hydrogens is 158 g/mol. The first kappa shape index (κ1) is 11.0. The van der Waals surface area contributed by atoms with Gasteiger partial charge in [-0.1, -0.05) is 39.5 Å². The van der Waals surface area contributed by atoms with E-state index in [0.717, 1.165) is 12.0 Å². The van der Waals surface area contributed by atoms with Crippen LogP contribution in [0.3, 0.4) is 0 Å². The third kappa shape index (κ3) is 4.12. The first-order chi connectivity index (χ1) is 6.20. The van der Waals surface area contributed by atoms with Crippen molar-refractivity contribution in [1.82, 2.24) is 5.32 Å². The van der Waals surface area contributed by atoms with Crippen molar-refractivity contribution in [1.29, 1.82) is 0 Å². The van der Waals surface area contributed by atoms with Crippen LogP contribution in [0.4, 0.5) is 0 Å². The van der Waals surface area contributed by atoms with Crippen molar-refractivity contribution in [3.8, 4) is 0 Å². The highest BCUT2D eigenvalue weighted by Crippen LogP contribution is 2.18. The summed E-state index contributed by atoms with van der Waals surface area (Å²) < 4.78 is 0. The van der Waals surface area contributed by atoms with Crippen LogP contribution in [0, 0.1) is 5.92 Å². The summed E-state index contributed by atoms with van der Waals surface area (Å²) in [7, 11) is 0. The number of nitrogens with one attached hydrogen (secondary N) is 1. The molecule has 1 nitrogen and oxygen atoms in total. The van der Waals surface area contributed by atoms with Gasteiger partial charge in [0.05, 0.1) is 0 Å². The zero-order valence-electron chi connectivity index (χ0n) is 9.47. The summed E-state index contributed by atoms with van der Waals surface area (Å²) in [6.07, 6.45) is 8.57. The molecule has 1 unspecified atom stereocenters. The highest BCUT2D eigenvalue weighted by molar-refractivity contribution is 4.75. The molecule has 0 saturated heterocycles. The molecular formula is C12H25N. The summed E-state index contributed by atoms with van der Waals surface area (Å²) in [5.41, 5.74) is 0. The standard InChI is InChI=1S/C12H25N/c1-10(2)11(3)13-12-8-6-4-5-7-9-12/h10-13H,4-9H2,1-3H3. The molecule has 78 valence electrons. The Balaban J connectivity index is 2.25. The Morgan fingerprint density at radius 1 is 0.923 bits per heavy atom. The average Bonchev–Trinajstić information content (AvgIpc) is 2.32. The molecule has 0 amide bonds. The smallest absolute Gasteiger partial charge is 0.00696 e. The van der Waals surface area contributed by atoms with E-state index < -0.39 is 0 Å². The minimum Gasteiger partial charge on any atom is -0.311 e. The maximum absolute atomic E-state index is 3.76. The molecule has 1 fully saturated rings. The normalized spacial score (nSPS) is 23.1. The molecule has 13 heavy (non-hydrogen) atoms. The van der Waals surface area contributed by atoms with Crippen LogP contribution in [-0.4, -0.2) is 12.1 Å². The van der Waals surface area contributed by atoms with Gasteiger partial charge in [0, 0.05) is 12.1 Å². The van der Waals surface area contributed by atoms with Gasteiger partial charge in [-0.3, -0.25) is 0 Å². The molecule has 0 aromatic carbocycles. The van der Waals surface area contributed by atoms with Crippen molar-refractivity contribution in [3.05, 3.63) is 0 Å². The van der Waals surface area contributed by atoms with Crippen LogP contribution in [0.25, 0.3) is 0 Å². The van der Waals surface area contributed by atoms with Crippen LogP contribution >= 0.6 is 0 Å². The van der Waals surface area contributed by atoms with Crippen LogP contribution in [0.15, 0.2) is 0 Å². The first-order valence-electron chi connectivity index (χ1n) is 5.96. The molecule has 0 aromatic rings. The van der Waals surface area contributed by atoms with Gasteiger partial charge in [0.2, 0.25) is 0 Å². The molecule has 0 heterocycles. The van der Waals surface area contributed by atoms with Gasteiger partial charge in [0.15, 0.2) is 0 Å². The van der Waals surface area contributed by atoms with E-state index in [-0.39, 0.29) is 0 Å². The quantitative estimate of drug-likeness (QED) is 0.662. The molecule has 0 aliphatic heterocycles. The first-order valence-corrected chi connectivity index (χ1v) is 5.96. The summed E-state index contributed by atoms with van der Waals surface area (Å²) in [4.78, 5) is 0. The van der Waals surface area contributed by atoms with Gasteiger partial charge in [0.1, 0.15) is 0 Å². The van der Waals surface area contributed by atoms with Crippen molar-refractivity contribution in [2.24, 2.45) is 5.92 Å². The van der Waals surface area contributed by atoms with Gasteiger partial charge in [-0.2, -0.15) is 0 Å². The molecule has 0 spiro atoms. The lowest BCUT2D eigenvalue weighted by atomic mass is 10.0. The van der Waals surface area contributed by atoms with E-state index in [4.69, 9.17) is 0 Å². The highest BCUT2D eigenvalue weighted by atomic mass is 14.9. The maximum atomic E-state index is 3.76. The summed E-state index contributed by atoms with van der Waals surface area (Å²) in [5.74, 6) is 0.767. The second-order valence-corrected chi connectivity index (χ2v) is 4.89. The monoisotopic (exact) mass is 183 g/mol. The van der Waals surface area contributed by atoms with Crippen LogP contribution in [0.2, 0.25) is 0 Å². The molecule has 1 heteroatoms. The Morgan fingerprint density at radius 3 is 1.92 bits per heavy atom. The summed E-state index contributed by atoms with van der Waals surface area (Å²) in [6.45, 7) is 6.91. The minimum absolute atomic E-state index is 0.683. The number of hydrogen-bond acceptors (Lipinski definition) is 1. The molecule has 1 atom stereocenters. The van der Waals surface area contributed by atoms with Gasteiger partial charge >= 0.3 is 0 Å². The lowest BCUT2D eigenvalue weighted by molar-refractivity contribution is 0.349. The largest absolute Gasteiger partial charge is 0.311 e. The zero-order chi connectivity index (χ0) is 9.68. The molecule has 1 rings (SSSR count).